The largest absolute Gasteiger partial charge is 0.497 e. The summed E-state index contributed by atoms with van der Waals surface area (Å²) >= 11 is 1.77. The van der Waals surface area contributed by atoms with Gasteiger partial charge in [0, 0.05) is 31.7 Å². The van der Waals surface area contributed by atoms with Crippen LogP contribution in [0.5, 0.6) is 11.6 Å². The summed E-state index contributed by atoms with van der Waals surface area (Å²) in [5, 5.41) is 12.4. The highest BCUT2D eigenvalue weighted by Crippen LogP contribution is 2.50. The third-order valence-electron chi connectivity index (χ3n) is 7.07. The predicted octanol–water partition coefficient (Wildman–Crippen LogP) is 4.44. The minimum atomic E-state index is -0.468. The van der Waals surface area contributed by atoms with Crippen molar-refractivity contribution in [2.45, 2.75) is 30.7 Å². The number of pyridine rings is 2. The molecule has 0 spiro atoms. The molecule has 2 heterocycles. The Morgan fingerprint density at radius 1 is 1.15 bits per heavy atom. The average molecular weight is 570 g/mol. The molecule has 0 radical (unpaired) electrons. The van der Waals surface area contributed by atoms with Crippen LogP contribution in [0.2, 0.25) is 0 Å². The first-order valence-corrected chi connectivity index (χ1v) is 14.0. The Morgan fingerprint density at radius 3 is 2.51 bits per heavy atom. The zero-order chi connectivity index (χ0) is 29.0. The van der Waals surface area contributed by atoms with Crippen LogP contribution in [0.3, 0.4) is 0 Å². The summed E-state index contributed by atoms with van der Waals surface area (Å²) in [5.74, 6) is 0.740. The Morgan fingerprint density at radius 2 is 1.85 bits per heavy atom. The van der Waals surface area contributed by atoms with Gasteiger partial charge in [-0.1, -0.05) is 36.2 Å². The molecule has 1 aliphatic rings. The fourth-order valence-corrected chi connectivity index (χ4v) is 5.87. The van der Waals surface area contributed by atoms with Gasteiger partial charge in [-0.15, -0.1) is 0 Å². The van der Waals surface area contributed by atoms with Crippen molar-refractivity contribution in [2.24, 2.45) is 7.05 Å². The van der Waals surface area contributed by atoms with Gasteiger partial charge in [-0.2, -0.15) is 5.26 Å². The van der Waals surface area contributed by atoms with Crippen LogP contribution in [0.15, 0.2) is 71.7 Å². The fraction of sp³-hybridized carbons (Fsp3) is 0.290. The van der Waals surface area contributed by atoms with Crippen molar-refractivity contribution in [3.05, 3.63) is 99.5 Å². The van der Waals surface area contributed by atoms with E-state index in [0.717, 1.165) is 30.7 Å². The van der Waals surface area contributed by atoms with Gasteiger partial charge in [0.2, 0.25) is 5.88 Å². The topological polar surface area (TPSA) is 109 Å². The summed E-state index contributed by atoms with van der Waals surface area (Å²) in [5.41, 5.74) is 2.73. The number of nitrogens with one attached hydrogen (secondary N) is 1. The predicted molar refractivity (Wildman–Crippen MR) is 159 cm³/mol. The third kappa shape index (κ3) is 6.53. The van der Waals surface area contributed by atoms with Crippen LogP contribution in [0.4, 0.5) is 0 Å². The number of carbonyl (C=O) groups is 1. The molecule has 210 valence electrons. The molecule has 0 unspecified atom stereocenters. The van der Waals surface area contributed by atoms with Crippen LogP contribution in [0, 0.1) is 11.3 Å². The molecule has 5 rings (SSSR count). The molecule has 2 aromatic heterocycles. The van der Waals surface area contributed by atoms with E-state index in [4.69, 9.17) is 14.7 Å². The van der Waals surface area contributed by atoms with E-state index < -0.39 is 11.5 Å². The number of benzene rings is 2. The summed E-state index contributed by atoms with van der Waals surface area (Å²) in [4.78, 5) is 30.6. The van der Waals surface area contributed by atoms with Gasteiger partial charge in [0.25, 0.3) is 11.5 Å². The Bertz CT molecular complexity index is 1660. The van der Waals surface area contributed by atoms with Crippen LogP contribution in [-0.2, 0) is 20.1 Å². The molecule has 0 atom stereocenters. The Hall–Kier alpha value is -4.33. The molecule has 1 fully saturated rings. The maximum atomic E-state index is 13.2. The number of methoxy groups -OCH3 is 1. The number of aromatic nitrogens is 2. The van der Waals surface area contributed by atoms with Crippen molar-refractivity contribution in [3.8, 4) is 17.7 Å². The van der Waals surface area contributed by atoms with E-state index in [-0.39, 0.29) is 16.9 Å². The Labute approximate surface area is 242 Å². The molecule has 1 aliphatic carbocycles. The molecule has 1 saturated carbocycles. The number of nitrogens with zero attached hydrogens (tertiary/aromatic N) is 4. The van der Waals surface area contributed by atoms with Gasteiger partial charge in [-0.25, -0.2) is 9.29 Å². The number of fused-ring (bicyclic) bond motifs is 1. The highest BCUT2D eigenvalue weighted by Gasteiger charge is 2.46. The monoisotopic (exact) mass is 569 g/mol. The summed E-state index contributed by atoms with van der Waals surface area (Å²) in [6, 6.07) is 20.4. The first-order chi connectivity index (χ1) is 19.8. The molecular weight excluding hydrogens is 538 g/mol. The second-order valence-corrected chi connectivity index (χ2v) is 11.8. The number of rotatable bonds is 11. The zero-order valence-corrected chi connectivity index (χ0v) is 24.0. The zero-order valence-electron chi connectivity index (χ0n) is 23.2. The van der Waals surface area contributed by atoms with Crippen molar-refractivity contribution in [1.29, 1.82) is 5.26 Å². The number of aryl methyl sites for hydroxylation is 1. The molecule has 0 saturated heterocycles. The molecular formula is C31H31N5O4S. The van der Waals surface area contributed by atoms with Crippen molar-refractivity contribution < 1.29 is 14.3 Å². The summed E-state index contributed by atoms with van der Waals surface area (Å²) in [6.07, 6.45) is 3.68. The molecule has 41 heavy (non-hydrogen) atoms. The van der Waals surface area contributed by atoms with E-state index in [0.29, 0.717) is 29.0 Å². The number of hydrogen-bond donors (Lipinski definition) is 1. The van der Waals surface area contributed by atoms with Crippen molar-refractivity contribution in [2.75, 3.05) is 20.8 Å². The second kappa shape index (κ2) is 12.0. The first kappa shape index (κ1) is 28.2. The van der Waals surface area contributed by atoms with E-state index in [1.807, 2.05) is 12.1 Å². The number of ether oxygens (including phenoxy) is 2. The smallest absolute Gasteiger partial charge is 0.263 e. The molecule has 0 bridgehead atoms. The molecule has 9 nitrogen and oxygen atoms in total. The van der Waals surface area contributed by atoms with E-state index in [1.54, 1.807) is 68.7 Å². The second-order valence-electron chi connectivity index (χ2n) is 10.2. The summed E-state index contributed by atoms with van der Waals surface area (Å²) in [7, 11) is 5.36. The Balaban J connectivity index is 1.26. The lowest BCUT2D eigenvalue weighted by atomic mass is 10.1. The van der Waals surface area contributed by atoms with E-state index >= 15 is 0 Å². The highest BCUT2D eigenvalue weighted by molar-refractivity contribution is 7.98. The van der Waals surface area contributed by atoms with Crippen molar-refractivity contribution in [3.63, 3.8) is 0 Å². The van der Waals surface area contributed by atoms with Gasteiger partial charge in [-0.3, -0.25) is 9.59 Å². The SMILES string of the molecule is COc1ccc(CN(C)SC2(COc3nccc4cc(C(=O)NCc5ccc(C#N)cc5)c(=O)n(C)c34)CC2)cc1. The van der Waals surface area contributed by atoms with Crippen LogP contribution in [-0.4, -0.2) is 45.3 Å². The van der Waals surface area contributed by atoms with Crippen molar-refractivity contribution in [1.82, 2.24) is 19.2 Å². The molecule has 1 amide bonds. The fourth-order valence-electron chi connectivity index (χ4n) is 4.60. The maximum absolute atomic E-state index is 13.2. The van der Waals surface area contributed by atoms with Crippen molar-refractivity contribution >= 4 is 28.8 Å². The molecule has 0 aliphatic heterocycles. The maximum Gasteiger partial charge on any atom is 0.263 e. The highest BCUT2D eigenvalue weighted by atomic mass is 32.2. The number of hydrogen-bond acceptors (Lipinski definition) is 8. The van der Waals surface area contributed by atoms with Crippen LogP contribution in [0.1, 0.15) is 39.9 Å². The van der Waals surface area contributed by atoms with Gasteiger partial charge in [0.1, 0.15) is 23.4 Å². The molecule has 10 heteroatoms. The van der Waals surface area contributed by atoms with E-state index in [2.05, 4.69) is 39.9 Å². The quantitative estimate of drug-likeness (QED) is 0.264. The van der Waals surface area contributed by atoms with Crippen LogP contribution in [0.25, 0.3) is 10.9 Å². The van der Waals surface area contributed by atoms with Crippen LogP contribution >= 0.6 is 11.9 Å². The lowest BCUT2D eigenvalue weighted by Crippen LogP contribution is -2.32. The molecule has 1 N–H and O–H groups in total. The lowest BCUT2D eigenvalue weighted by molar-refractivity contribution is 0.0949. The first-order valence-electron chi connectivity index (χ1n) is 13.2. The molecule has 2 aromatic carbocycles. The third-order valence-corrected chi connectivity index (χ3v) is 8.42. The minimum Gasteiger partial charge on any atom is -0.497 e. The van der Waals surface area contributed by atoms with Gasteiger partial charge in [-0.05, 0) is 67.4 Å². The number of nitriles is 1. The van der Waals surface area contributed by atoms with E-state index in [9.17, 15) is 9.59 Å². The Kier molecular flexibility index (Phi) is 8.28. The van der Waals surface area contributed by atoms with E-state index in [1.165, 1.54) is 10.1 Å². The van der Waals surface area contributed by atoms with Gasteiger partial charge in [0.15, 0.2) is 0 Å². The summed E-state index contributed by atoms with van der Waals surface area (Å²) < 4.78 is 15.1. The average Bonchev–Trinajstić information content (AvgIpc) is 3.76. The van der Waals surface area contributed by atoms with Gasteiger partial charge >= 0.3 is 0 Å². The minimum absolute atomic E-state index is 0.0418. The normalized spacial score (nSPS) is 13.5. The molecule has 4 aromatic rings. The number of carbonyl (C=O) groups excluding carboxylic acids is 1. The standard InChI is InChI=1S/C31H31N5O4S/c1-35(19-23-8-10-25(39-3)11-9-23)41-31(13-14-31)20-40-29-27-24(12-15-33-29)16-26(30(38)36(27)2)28(37)34-18-22-6-4-21(17-32)5-7-22/h4-12,15-16H,13-14,18-20H2,1-3H3,(H,34,37). The lowest BCUT2D eigenvalue weighted by Gasteiger charge is -2.23. The summed E-state index contributed by atoms with van der Waals surface area (Å²) in [6.45, 7) is 1.48. The van der Waals surface area contributed by atoms with Gasteiger partial charge in [0.05, 0.1) is 23.5 Å². The van der Waals surface area contributed by atoms with Crippen LogP contribution < -0.4 is 20.3 Å². The van der Waals surface area contributed by atoms with Gasteiger partial charge < -0.3 is 19.4 Å². The number of amides is 1.